The number of aryl methyl sites for hydroxylation is 1. The van der Waals surface area contributed by atoms with Gasteiger partial charge >= 0.3 is 0 Å². The maximum absolute atomic E-state index is 12.3. The minimum atomic E-state index is -0.180. The van der Waals surface area contributed by atoms with Crippen molar-refractivity contribution < 1.29 is 9.59 Å². The molecule has 1 aromatic carbocycles. The molecule has 0 radical (unpaired) electrons. The summed E-state index contributed by atoms with van der Waals surface area (Å²) in [5.74, 6) is 0.307. The number of hydrogen-bond acceptors (Lipinski definition) is 4. The molecular formula is C18H20N2O2S2. The van der Waals surface area contributed by atoms with Crippen LogP contribution in [0.3, 0.4) is 0 Å². The molecule has 1 aliphatic heterocycles. The van der Waals surface area contributed by atoms with E-state index in [0.717, 1.165) is 30.5 Å². The molecule has 2 heterocycles. The molecule has 1 aliphatic rings. The number of carbonyl (C=O) groups is 2. The molecule has 0 bridgehead atoms. The van der Waals surface area contributed by atoms with Crippen LogP contribution in [0.1, 0.15) is 16.9 Å². The Balaban J connectivity index is 1.43. The first-order valence-corrected chi connectivity index (χ1v) is 9.94. The summed E-state index contributed by atoms with van der Waals surface area (Å²) in [4.78, 5) is 25.5. The van der Waals surface area contributed by atoms with Crippen molar-refractivity contribution in [3.63, 3.8) is 0 Å². The van der Waals surface area contributed by atoms with Crippen molar-refractivity contribution in [1.29, 1.82) is 0 Å². The Hall–Kier alpha value is -1.79. The normalized spacial score (nSPS) is 16.8. The molecule has 24 heavy (non-hydrogen) atoms. The lowest BCUT2D eigenvalue weighted by molar-refractivity contribution is -0.118. The zero-order valence-electron chi connectivity index (χ0n) is 13.3. The number of benzene rings is 1. The Labute approximate surface area is 150 Å². The summed E-state index contributed by atoms with van der Waals surface area (Å²) >= 11 is 3.12. The zero-order valence-corrected chi connectivity index (χ0v) is 14.9. The Morgan fingerprint density at radius 3 is 3.00 bits per heavy atom. The standard InChI is InChI=1S/C18H20N2O2S2/c21-17(19-10-9-14-5-3-11-23-14)12-24-16-8-7-13-4-1-2-6-15(13)20-18(16)22/h1-6,11,16H,7-10,12H2,(H,19,21)(H,20,22). The quantitative estimate of drug-likeness (QED) is 0.832. The highest BCUT2D eigenvalue weighted by Gasteiger charge is 2.24. The molecule has 3 rings (SSSR count). The smallest absolute Gasteiger partial charge is 0.237 e. The van der Waals surface area contributed by atoms with Gasteiger partial charge in [0.05, 0.1) is 11.0 Å². The van der Waals surface area contributed by atoms with Crippen LogP contribution in [0.5, 0.6) is 0 Å². The number of rotatable bonds is 6. The predicted molar refractivity (Wildman–Crippen MR) is 101 cm³/mol. The molecule has 0 saturated carbocycles. The van der Waals surface area contributed by atoms with E-state index in [-0.39, 0.29) is 17.1 Å². The van der Waals surface area contributed by atoms with Crippen molar-refractivity contribution in [3.8, 4) is 0 Å². The van der Waals surface area contributed by atoms with Crippen LogP contribution < -0.4 is 10.6 Å². The molecule has 1 atom stereocenters. The number of thioether (sulfide) groups is 1. The van der Waals surface area contributed by atoms with Gasteiger partial charge in [-0.15, -0.1) is 23.1 Å². The van der Waals surface area contributed by atoms with Gasteiger partial charge < -0.3 is 10.6 Å². The van der Waals surface area contributed by atoms with Crippen LogP contribution in [0.15, 0.2) is 41.8 Å². The van der Waals surface area contributed by atoms with E-state index in [1.54, 1.807) is 11.3 Å². The average molecular weight is 361 g/mol. The van der Waals surface area contributed by atoms with Crippen molar-refractivity contribution in [2.45, 2.75) is 24.5 Å². The summed E-state index contributed by atoms with van der Waals surface area (Å²) in [7, 11) is 0. The lowest BCUT2D eigenvalue weighted by Gasteiger charge is -2.12. The Kier molecular flexibility index (Phi) is 5.93. The fourth-order valence-electron chi connectivity index (χ4n) is 2.66. The second-order valence-corrected chi connectivity index (χ2v) is 7.89. The van der Waals surface area contributed by atoms with Crippen LogP contribution in [0.25, 0.3) is 0 Å². The third-order valence-corrected chi connectivity index (χ3v) is 6.15. The molecule has 6 heteroatoms. The number of hydrogen-bond donors (Lipinski definition) is 2. The third kappa shape index (κ3) is 4.61. The number of nitrogens with one attached hydrogen (secondary N) is 2. The SMILES string of the molecule is O=C(CSC1CCc2ccccc2NC1=O)NCCc1cccs1. The lowest BCUT2D eigenvalue weighted by Crippen LogP contribution is -2.30. The molecule has 0 saturated heterocycles. The molecule has 1 aromatic heterocycles. The van der Waals surface area contributed by atoms with Crippen LogP contribution >= 0.6 is 23.1 Å². The minimum Gasteiger partial charge on any atom is -0.355 e. The van der Waals surface area contributed by atoms with Gasteiger partial charge in [-0.25, -0.2) is 0 Å². The Morgan fingerprint density at radius 1 is 1.29 bits per heavy atom. The van der Waals surface area contributed by atoms with Gasteiger partial charge in [0, 0.05) is 17.1 Å². The van der Waals surface area contributed by atoms with Gasteiger partial charge in [0.1, 0.15) is 0 Å². The van der Waals surface area contributed by atoms with Crippen molar-refractivity contribution in [1.82, 2.24) is 5.32 Å². The summed E-state index contributed by atoms with van der Waals surface area (Å²) in [6.45, 7) is 0.641. The highest BCUT2D eigenvalue weighted by molar-refractivity contribution is 8.01. The topological polar surface area (TPSA) is 58.2 Å². The maximum atomic E-state index is 12.3. The number of thiophene rings is 1. The largest absolute Gasteiger partial charge is 0.355 e. The van der Waals surface area contributed by atoms with Gasteiger partial charge in [-0.2, -0.15) is 0 Å². The van der Waals surface area contributed by atoms with Crippen LogP contribution in [-0.4, -0.2) is 29.4 Å². The number of amides is 2. The first kappa shape index (κ1) is 17.0. The van der Waals surface area contributed by atoms with Crippen molar-refractivity contribution >= 4 is 40.6 Å². The van der Waals surface area contributed by atoms with E-state index in [0.29, 0.717) is 12.3 Å². The molecule has 4 nitrogen and oxygen atoms in total. The van der Waals surface area contributed by atoms with Crippen molar-refractivity contribution in [2.24, 2.45) is 0 Å². The van der Waals surface area contributed by atoms with Crippen molar-refractivity contribution in [2.75, 3.05) is 17.6 Å². The van der Waals surface area contributed by atoms with Crippen LogP contribution in [0.2, 0.25) is 0 Å². The minimum absolute atomic E-state index is 0.00339. The van der Waals surface area contributed by atoms with E-state index < -0.39 is 0 Å². The first-order chi connectivity index (χ1) is 11.7. The van der Waals surface area contributed by atoms with Crippen molar-refractivity contribution in [3.05, 3.63) is 52.2 Å². The number of carbonyl (C=O) groups excluding carboxylic acids is 2. The van der Waals surface area contributed by atoms with E-state index in [1.807, 2.05) is 35.7 Å². The molecule has 2 N–H and O–H groups in total. The molecule has 0 fully saturated rings. The lowest BCUT2D eigenvalue weighted by atomic mass is 10.1. The van der Waals surface area contributed by atoms with E-state index >= 15 is 0 Å². The maximum Gasteiger partial charge on any atom is 0.237 e. The molecule has 2 aromatic rings. The van der Waals surface area contributed by atoms with E-state index in [1.165, 1.54) is 16.6 Å². The average Bonchev–Trinajstić information content (AvgIpc) is 3.03. The number of fused-ring (bicyclic) bond motifs is 1. The van der Waals surface area contributed by atoms with E-state index in [2.05, 4.69) is 16.7 Å². The molecule has 0 spiro atoms. The van der Waals surface area contributed by atoms with Gasteiger partial charge in [-0.1, -0.05) is 24.3 Å². The van der Waals surface area contributed by atoms with E-state index in [4.69, 9.17) is 0 Å². The molecule has 1 unspecified atom stereocenters. The summed E-state index contributed by atoms with van der Waals surface area (Å²) in [6, 6.07) is 12.0. The molecule has 126 valence electrons. The molecule has 2 amide bonds. The Morgan fingerprint density at radius 2 is 2.17 bits per heavy atom. The monoisotopic (exact) mass is 360 g/mol. The summed E-state index contributed by atoms with van der Waals surface area (Å²) < 4.78 is 0. The highest BCUT2D eigenvalue weighted by Crippen LogP contribution is 2.26. The fourth-order valence-corrected chi connectivity index (χ4v) is 4.32. The fraction of sp³-hybridized carbons (Fsp3) is 0.333. The first-order valence-electron chi connectivity index (χ1n) is 8.02. The van der Waals surface area contributed by atoms with E-state index in [9.17, 15) is 9.59 Å². The Bertz CT molecular complexity index is 701. The summed E-state index contributed by atoms with van der Waals surface area (Å²) in [5, 5.41) is 7.75. The summed E-state index contributed by atoms with van der Waals surface area (Å²) in [5.41, 5.74) is 2.06. The van der Waals surface area contributed by atoms with Gasteiger partial charge in [0.25, 0.3) is 0 Å². The highest BCUT2D eigenvalue weighted by atomic mass is 32.2. The van der Waals surface area contributed by atoms with Crippen LogP contribution in [-0.2, 0) is 22.4 Å². The predicted octanol–water partition coefficient (Wildman–Crippen LogP) is 3.09. The zero-order chi connectivity index (χ0) is 16.8. The van der Waals surface area contributed by atoms with Gasteiger partial charge in [-0.05, 0) is 42.3 Å². The number of anilines is 1. The van der Waals surface area contributed by atoms with Gasteiger partial charge in [0.15, 0.2) is 0 Å². The van der Waals surface area contributed by atoms with Gasteiger partial charge in [-0.3, -0.25) is 9.59 Å². The second kappa shape index (κ2) is 8.35. The van der Waals surface area contributed by atoms with Crippen LogP contribution in [0.4, 0.5) is 5.69 Å². The van der Waals surface area contributed by atoms with Crippen LogP contribution in [0, 0.1) is 0 Å². The third-order valence-electron chi connectivity index (χ3n) is 3.93. The number of para-hydroxylation sites is 1. The second-order valence-electron chi connectivity index (χ2n) is 5.66. The summed E-state index contributed by atoms with van der Waals surface area (Å²) in [6.07, 6.45) is 2.47. The molecular weight excluding hydrogens is 340 g/mol. The van der Waals surface area contributed by atoms with Gasteiger partial charge in [0.2, 0.25) is 11.8 Å². The molecule has 0 aliphatic carbocycles.